The number of likely N-dealkylation sites (tertiary alicyclic amines) is 1. The smallest absolute Gasteiger partial charge is 0.122 e. The van der Waals surface area contributed by atoms with Crippen molar-refractivity contribution >= 4 is 0 Å². The molecule has 3 rings (SSSR count). The number of hydrogen-bond donors (Lipinski definition) is 1. The molecule has 0 amide bonds. The maximum atomic E-state index is 6.02. The van der Waals surface area contributed by atoms with Crippen LogP contribution in [0.5, 0.6) is 5.75 Å². The molecular formula is C16H24N2O. The van der Waals surface area contributed by atoms with Crippen molar-refractivity contribution in [2.24, 2.45) is 11.7 Å². The van der Waals surface area contributed by atoms with Crippen LogP contribution in [0.25, 0.3) is 0 Å². The van der Waals surface area contributed by atoms with Crippen molar-refractivity contribution in [1.82, 2.24) is 4.90 Å². The van der Waals surface area contributed by atoms with Crippen molar-refractivity contribution < 1.29 is 4.74 Å². The first-order valence-electron chi connectivity index (χ1n) is 7.43. The Bertz CT molecular complexity index is 433. The summed E-state index contributed by atoms with van der Waals surface area (Å²) >= 11 is 0. The van der Waals surface area contributed by atoms with E-state index in [1.807, 2.05) is 0 Å². The van der Waals surface area contributed by atoms with Crippen LogP contribution in [0.4, 0.5) is 0 Å². The lowest BCUT2D eigenvalue weighted by atomic mass is 9.92. The van der Waals surface area contributed by atoms with Crippen LogP contribution in [0.1, 0.15) is 31.2 Å². The first-order chi connectivity index (χ1) is 9.24. The van der Waals surface area contributed by atoms with Crippen LogP contribution in [-0.4, -0.2) is 37.2 Å². The van der Waals surface area contributed by atoms with Gasteiger partial charge in [-0.05, 0) is 43.9 Å². The Hall–Kier alpha value is -1.06. The second-order valence-electron chi connectivity index (χ2n) is 6.04. The molecule has 1 aromatic rings. The van der Waals surface area contributed by atoms with E-state index in [0.717, 1.165) is 31.9 Å². The van der Waals surface area contributed by atoms with Crippen molar-refractivity contribution in [2.45, 2.75) is 31.7 Å². The summed E-state index contributed by atoms with van der Waals surface area (Å²) in [7, 11) is 0. The van der Waals surface area contributed by atoms with E-state index in [1.165, 1.54) is 18.5 Å². The third kappa shape index (κ3) is 2.77. The summed E-state index contributed by atoms with van der Waals surface area (Å²) in [6.07, 6.45) is 2.39. The molecule has 3 atom stereocenters. The standard InChI is InChI=1S/C16H24N2O/c1-12(17)13-6-8-18(10-13)11-14-7-9-19-16-5-3-2-4-15(14)16/h2-5,12-14H,6-11,17H2,1H3. The summed E-state index contributed by atoms with van der Waals surface area (Å²) in [6, 6.07) is 8.82. The van der Waals surface area contributed by atoms with E-state index < -0.39 is 0 Å². The third-order valence-electron chi connectivity index (χ3n) is 4.61. The van der Waals surface area contributed by atoms with E-state index in [1.54, 1.807) is 0 Å². The first-order valence-corrected chi connectivity index (χ1v) is 7.43. The third-order valence-corrected chi connectivity index (χ3v) is 4.61. The Morgan fingerprint density at radius 3 is 3.00 bits per heavy atom. The van der Waals surface area contributed by atoms with Crippen molar-refractivity contribution in [3.63, 3.8) is 0 Å². The average Bonchev–Trinajstić information content (AvgIpc) is 2.88. The molecule has 3 heteroatoms. The van der Waals surface area contributed by atoms with Gasteiger partial charge >= 0.3 is 0 Å². The van der Waals surface area contributed by atoms with Crippen LogP contribution >= 0.6 is 0 Å². The fraction of sp³-hybridized carbons (Fsp3) is 0.625. The molecule has 2 heterocycles. The highest BCUT2D eigenvalue weighted by Crippen LogP contribution is 2.34. The van der Waals surface area contributed by atoms with Gasteiger partial charge in [0, 0.05) is 25.0 Å². The van der Waals surface area contributed by atoms with Gasteiger partial charge in [0.15, 0.2) is 0 Å². The molecule has 0 bridgehead atoms. The maximum absolute atomic E-state index is 6.02. The highest BCUT2D eigenvalue weighted by Gasteiger charge is 2.29. The molecule has 0 saturated carbocycles. The van der Waals surface area contributed by atoms with E-state index >= 15 is 0 Å². The number of para-hydroxylation sites is 1. The second kappa shape index (κ2) is 5.51. The van der Waals surface area contributed by atoms with Crippen LogP contribution in [0.15, 0.2) is 24.3 Å². The fourth-order valence-corrected chi connectivity index (χ4v) is 3.37. The monoisotopic (exact) mass is 260 g/mol. The largest absolute Gasteiger partial charge is 0.493 e. The normalized spacial score (nSPS) is 28.7. The Morgan fingerprint density at radius 1 is 1.37 bits per heavy atom. The topological polar surface area (TPSA) is 38.5 Å². The maximum Gasteiger partial charge on any atom is 0.122 e. The van der Waals surface area contributed by atoms with Gasteiger partial charge in [0.1, 0.15) is 5.75 Å². The molecule has 1 saturated heterocycles. The van der Waals surface area contributed by atoms with Crippen molar-refractivity contribution in [3.8, 4) is 5.75 Å². The van der Waals surface area contributed by atoms with Crippen LogP contribution in [0.2, 0.25) is 0 Å². The summed E-state index contributed by atoms with van der Waals surface area (Å²) in [5, 5.41) is 0. The molecule has 3 unspecified atom stereocenters. The highest BCUT2D eigenvalue weighted by molar-refractivity contribution is 5.37. The predicted molar refractivity (Wildman–Crippen MR) is 77.5 cm³/mol. The van der Waals surface area contributed by atoms with Gasteiger partial charge in [0.25, 0.3) is 0 Å². The summed E-state index contributed by atoms with van der Waals surface area (Å²) in [5.74, 6) is 2.38. The minimum atomic E-state index is 0.326. The number of nitrogens with zero attached hydrogens (tertiary/aromatic N) is 1. The van der Waals surface area contributed by atoms with Gasteiger partial charge in [-0.25, -0.2) is 0 Å². The van der Waals surface area contributed by atoms with Gasteiger partial charge in [-0.3, -0.25) is 0 Å². The molecule has 1 fully saturated rings. The molecule has 0 aliphatic carbocycles. The summed E-state index contributed by atoms with van der Waals surface area (Å²) in [6.45, 7) is 6.51. The van der Waals surface area contributed by atoms with Crippen molar-refractivity contribution in [1.29, 1.82) is 0 Å². The van der Waals surface area contributed by atoms with Crippen molar-refractivity contribution in [3.05, 3.63) is 29.8 Å². The Morgan fingerprint density at radius 2 is 2.21 bits per heavy atom. The molecule has 2 aliphatic heterocycles. The lowest BCUT2D eigenvalue weighted by Crippen LogP contribution is -2.32. The van der Waals surface area contributed by atoms with Gasteiger partial charge in [-0.15, -0.1) is 0 Å². The van der Waals surface area contributed by atoms with Gasteiger partial charge in [0.05, 0.1) is 6.61 Å². The molecule has 0 radical (unpaired) electrons. The molecule has 0 aromatic heterocycles. The Kier molecular flexibility index (Phi) is 3.76. The molecule has 19 heavy (non-hydrogen) atoms. The lowest BCUT2D eigenvalue weighted by molar-refractivity contribution is 0.227. The second-order valence-corrected chi connectivity index (χ2v) is 6.04. The lowest BCUT2D eigenvalue weighted by Gasteiger charge is -2.29. The molecule has 2 N–H and O–H groups in total. The van der Waals surface area contributed by atoms with E-state index in [-0.39, 0.29) is 0 Å². The van der Waals surface area contributed by atoms with E-state index in [0.29, 0.717) is 17.9 Å². The van der Waals surface area contributed by atoms with Gasteiger partial charge in [-0.2, -0.15) is 0 Å². The quantitative estimate of drug-likeness (QED) is 0.905. The van der Waals surface area contributed by atoms with Crippen molar-refractivity contribution in [2.75, 3.05) is 26.2 Å². The highest BCUT2D eigenvalue weighted by atomic mass is 16.5. The van der Waals surface area contributed by atoms with E-state index in [9.17, 15) is 0 Å². The first kappa shape index (κ1) is 12.9. The molecular weight excluding hydrogens is 236 g/mol. The Balaban J connectivity index is 1.66. The zero-order valence-corrected chi connectivity index (χ0v) is 11.7. The van der Waals surface area contributed by atoms with Crippen LogP contribution in [0, 0.1) is 5.92 Å². The molecule has 3 nitrogen and oxygen atoms in total. The summed E-state index contributed by atoms with van der Waals surface area (Å²) < 4.78 is 5.74. The number of benzene rings is 1. The average molecular weight is 260 g/mol. The molecule has 2 aliphatic rings. The SMILES string of the molecule is CC(N)C1CCN(CC2CCOc3ccccc32)C1. The predicted octanol–water partition coefficient (Wildman–Crippen LogP) is 2.22. The number of fused-ring (bicyclic) bond motifs is 1. The van der Waals surface area contributed by atoms with Gasteiger partial charge in [0.2, 0.25) is 0 Å². The fourth-order valence-electron chi connectivity index (χ4n) is 3.37. The van der Waals surface area contributed by atoms with Crippen LogP contribution in [-0.2, 0) is 0 Å². The minimum Gasteiger partial charge on any atom is -0.493 e. The van der Waals surface area contributed by atoms with Crippen LogP contribution < -0.4 is 10.5 Å². The number of ether oxygens (including phenoxy) is 1. The van der Waals surface area contributed by atoms with Gasteiger partial charge < -0.3 is 15.4 Å². The zero-order chi connectivity index (χ0) is 13.2. The molecule has 1 aromatic carbocycles. The van der Waals surface area contributed by atoms with Gasteiger partial charge in [-0.1, -0.05) is 18.2 Å². The summed E-state index contributed by atoms with van der Waals surface area (Å²) in [4.78, 5) is 2.58. The number of rotatable bonds is 3. The van der Waals surface area contributed by atoms with Crippen LogP contribution in [0.3, 0.4) is 0 Å². The zero-order valence-electron chi connectivity index (χ0n) is 11.7. The number of nitrogens with two attached hydrogens (primary N) is 1. The molecule has 0 spiro atoms. The van der Waals surface area contributed by atoms with E-state index in [4.69, 9.17) is 10.5 Å². The summed E-state index contributed by atoms with van der Waals surface area (Å²) in [5.41, 5.74) is 7.41. The number of hydrogen-bond acceptors (Lipinski definition) is 3. The minimum absolute atomic E-state index is 0.326. The van der Waals surface area contributed by atoms with E-state index in [2.05, 4.69) is 36.1 Å². The Labute approximate surface area is 115 Å². The molecule has 104 valence electrons.